The van der Waals surface area contributed by atoms with Crippen LogP contribution in [0.25, 0.3) is 0 Å². The van der Waals surface area contributed by atoms with Crippen molar-refractivity contribution in [2.45, 2.75) is 158 Å². The lowest BCUT2D eigenvalue weighted by atomic mass is 10.2. The molecule has 0 saturated heterocycles. The molecule has 0 aromatic heterocycles. The largest absolute Gasteiger partial charge is 0.492 e. The number of rotatable bonds is 50. The predicted octanol–water partition coefficient (Wildman–Crippen LogP) is 6.92. The second-order valence-electron chi connectivity index (χ2n) is 18.4. The van der Waals surface area contributed by atoms with Crippen LogP contribution in [0, 0.1) is 0 Å². The molecule has 0 aliphatic carbocycles. The van der Waals surface area contributed by atoms with Crippen molar-refractivity contribution in [3.63, 3.8) is 0 Å². The summed E-state index contributed by atoms with van der Waals surface area (Å²) in [7, 11) is 0. The van der Waals surface area contributed by atoms with Gasteiger partial charge in [-0.3, -0.25) is 61.6 Å². The van der Waals surface area contributed by atoms with Crippen LogP contribution in [0.1, 0.15) is 0 Å². The zero-order chi connectivity index (χ0) is 106. The van der Waals surface area contributed by atoms with Crippen molar-refractivity contribution in [2.24, 2.45) is 0 Å². The maximum absolute atomic E-state index is 13.1. The second-order valence-corrected chi connectivity index (χ2v) is 18.4. The first kappa shape index (κ1) is 140. The van der Waals surface area contributed by atoms with Crippen LogP contribution in [0.4, 0.5) is 228 Å². The van der Waals surface area contributed by atoms with Crippen molar-refractivity contribution >= 4 is 0 Å². The Balaban J connectivity index is -0.000000219. The fourth-order valence-electron chi connectivity index (χ4n) is 4.58. The third kappa shape index (κ3) is 41.9. The molecule has 4 atom stereocenters. The van der Waals surface area contributed by atoms with Crippen molar-refractivity contribution in [1.29, 1.82) is 0 Å². The van der Waals surface area contributed by atoms with Gasteiger partial charge in [0.15, 0.2) is 20.4 Å². The van der Waals surface area contributed by atoms with E-state index in [0.717, 1.165) is 0 Å². The number of aliphatic hydroxyl groups excluding tert-OH is 16. The van der Waals surface area contributed by atoms with Crippen LogP contribution >= 0.6 is 0 Å². The van der Waals surface area contributed by atoms with Gasteiger partial charge in [-0.15, -0.1) is 26.3 Å². The molecule has 36 nitrogen and oxygen atoms in total. The molecule has 0 heterocycles. The number of hydrogen-bond acceptors (Lipinski definition) is 36. The number of halogens is 52. The molecule has 0 aliphatic rings. The van der Waals surface area contributed by atoms with Crippen LogP contribution in [0.15, 0.2) is 0 Å². The van der Waals surface area contributed by atoms with E-state index >= 15 is 0 Å². The van der Waals surface area contributed by atoms with Crippen molar-refractivity contribution in [1.82, 2.24) is 0 Å². The molecule has 4 unspecified atom stereocenters. The Labute approximate surface area is 672 Å². The van der Waals surface area contributed by atoms with Crippen LogP contribution in [0.5, 0.6) is 0 Å². The molecule has 796 valence electrons. The molecule has 0 rings (SSSR count). The highest BCUT2D eigenvalue weighted by atomic mass is 19.5. The summed E-state index contributed by atoms with van der Waals surface area (Å²) in [6, 6.07) is 0. The van der Waals surface area contributed by atoms with Gasteiger partial charge in [-0.2, -0.15) is 202 Å². The summed E-state index contributed by atoms with van der Waals surface area (Å²) in [5.41, 5.74) is 0. The third-order valence-corrected chi connectivity index (χ3v) is 10.00. The van der Waals surface area contributed by atoms with Gasteiger partial charge in [-0.25, -0.2) is 18.9 Å². The minimum Gasteiger partial charge on any atom is -0.370 e. The van der Waals surface area contributed by atoms with Gasteiger partial charge in [0.05, 0.1) is 0 Å². The molecular formula is C42H48F52O36. The Kier molecular flexibility index (Phi) is 57.8. The summed E-state index contributed by atoms with van der Waals surface area (Å²) in [5.74, 6) is -29.5. The summed E-state index contributed by atoms with van der Waals surface area (Å²) >= 11 is 0. The molecule has 0 saturated carbocycles. The van der Waals surface area contributed by atoms with E-state index in [2.05, 4.69) is 90.0 Å². The Bertz CT molecular complexity index is 2900. The predicted molar refractivity (Wildman–Crippen MR) is 264 cm³/mol. The van der Waals surface area contributed by atoms with Crippen molar-refractivity contribution in [2.75, 3.05) is 109 Å². The van der Waals surface area contributed by atoms with E-state index in [0.29, 0.717) is 0 Å². The highest BCUT2D eigenvalue weighted by Crippen LogP contribution is 2.54. The van der Waals surface area contributed by atoms with Gasteiger partial charge < -0.3 is 95.9 Å². The summed E-state index contributed by atoms with van der Waals surface area (Å²) < 4.78 is 694. The van der Waals surface area contributed by atoms with Crippen LogP contribution < -0.4 is 0 Å². The maximum atomic E-state index is 13.1. The van der Waals surface area contributed by atoms with Gasteiger partial charge in [-0.05, 0) is 0 Å². The first-order chi connectivity index (χ1) is 57.3. The molecule has 0 spiro atoms. The minimum absolute atomic E-state index is 1.59. The number of alkyl halides is 52. The molecule has 0 amide bonds. The zero-order valence-corrected chi connectivity index (χ0v) is 59.3. The first-order valence-corrected chi connectivity index (χ1v) is 27.9. The summed E-state index contributed by atoms with van der Waals surface area (Å²) in [5, 5.41) is 125. The molecule has 130 heavy (non-hydrogen) atoms. The molecule has 0 fully saturated rings. The summed E-state index contributed by atoms with van der Waals surface area (Å²) in [4.78, 5) is 0. The van der Waals surface area contributed by atoms with Crippen molar-refractivity contribution in [3.05, 3.63) is 0 Å². The lowest BCUT2D eigenvalue weighted by molar-refractivity contribution is -0.544. The Morgan fingerprint density at radius 2 is 0.246 bits per heavy atom. The molecular weight excluding hydrogens is 2070 g/mol. The maximum Gasteiger partial charge on any atom is 0.492 e. The fraction of sp³-hybridized carbons (Fsp3) is 1.00. The monoisotopic (exact) mass is 2120 g/mol. The molecule has 0 aromatic carbocycles. The molecule has 0 aliphatic heterocycles. The topological polar surface area (TPSA) is 508 Å². The highest BCUT2D eigenvalue weighted by Gasteiger charge is 2.81. The van der Waals surface area contributed by atoms with E-state index in [-0.39, 0.29) is 0 Å². The van der Waals surface area contributed by atoms with E-state index in [9.17, 15) is 228 Å². The van der Waals surface area contributed by atoms with E-state index in [1.54, 1.807) is 0 Å². The van der Waals surface area contributed by atoms with Crippen molar-refractivity contribution in [3.8, 4) is 0 Å². The first-order valence-electron chi connectivity index (χ1n) is 27.9. The van der Waals surface area contributed by atoms with Crippen molar-refractivity contribution < 1.29 is 405 Å². The van der Waals surface area contributed by atoms with Crippen LogP contribution in [-0.4, -0.2) is 349 Å². The van der Waals surface area contributed by atoms with Crippen LogP contribution in [-0.2, 0) is 94.7 Å². The lowest BCUT2D eigenvalue weighted by Gasteiger charge is -2.34. The van der Waals surface area contributed by atoms with Crippen LogP contribution in [0.3, 0.4) is 0 Å². The zero-order valence-electron chi connectivity index (χ0n) is 59.3. The quantitative estimate of drug-likeness (QED) is 0.0217. The lowest BCUT2D eigenvalue weighted by Crippen LogP contribution is -2.61. The van der Waals surface area contributed by atoms with E-state index in [1.807, 2.05) is 4.74 Å². The minimum atomic E-state index is -6.67. The van der Waals surface area contributed by atoms with Gasteiger partial charge in [0, 0.05) is 0 Å². The fourth-order valence-corrected chi connectivity index (χ4v) is 4.58. The second kappa shape index (κ2) is 53.6. The van der Waals surface area contributed by atoms with Gasteiger partial charge >= 0.3 is 158 Å². The molecule has 88 heteroatoms. The average Bonchev–Trinajstić information content (AvgIpc) is 0.772. The Hall–Kier alpha value is -5.08. The van der Waals surface area contributed by atoms with E-state index in [4.69, 9.17) is 81.7 Å². The van der Waals surface area contributed by atoms with Gasteiger partial charge in [0.25, 0.3) is 0 Å². The molecule has 16 N–H and O–H groups in total. The van der Waals surface area contributed by atoms with Crippen LogP contribution in [0.2, 0.25) is 0 Å². The van der Waals surface area contributed by atoms with Gasteiger partial charge in [-0.1, -0.05) is 0 Å². The van der Waals surface area contributed by atoms with Gasteiger partial charge in [0.2, 0.25) is 0 Å². The third-order valence-electron chi connectivity index (χ3n) is 10.00. The number of hydrogen-bond donors (Lipinski definition) is 16. The Morgan fingerprint density at radius 3 is 0.423 bits per heavy atom. The summed E-state index contributed by atoms with van der Waals surface area (Å²) in [6.45, 7) is -30.4. The SMILES string of the molecule is OCOC(F)(F)C(F)(F)C(F)(F)OCO.OCOC(F)(F)C(F)(F)OC(F)(F)C(F)(F)OCO.OCOC(F)(F)C(F)(F)OCO.OCOC(F)(F)C(F)(OCO)C(F)(F)F.OCOC(F)(F)C(F)(OCO)C(F)(F)F.OCOC(F)(F)OC(F)(C(F)(F)F)C(F)(F)OCO.OCOC(F)(F)OC(F)(F)C(F)(F)OCO.OCOC(F)(F)OC(F)(F)C(F)(OCO)C(F)(F)F. The van der Waals surface area contributed by atoms with Gasteiger partial charge in [0.1, 0.15) is 88.3 Å². The normalized spacial score (nSPS) is 16.0. The average molecular weight is 2120 g/mol. The summed E-state index contributed by atoms with van der Waals surface area (Å²) in [6.07, 6.45) is -121. The van der Waals surface area contributed by atoms with E-state index in [1.165, 1.54) is 0 Å². The standard InChI is InChI=1S/3C6H6F8O5.C5H6F6O5.3C5H6F6O4.C4H6F4O4/c7-3(8,17-1-15)5(11,12)19-6(13,14)4(9,10)18-2-16;7-3(4(8,9)10,5(11,12)17-1-15)19-6(13,14)18-2-16;7-3(17-1-15,4(8,9)10)5(11,12)19-6(13,14)18-2-16;6-3(7,14-1-12)4(8,9)16-5(10,11)15-2-13;2*6-3(14-1-12,4(7,8)9)5(10,11)15-2-13;6-3(7,4(8,9)14-1-12)5(10,11)15-2-13;5-3(6,11-1-9)4(7,8)12-2-10/h3*15-16H,1-2H2;12-13H,1-2H2;3*12-13H,1-2H2;9-10H,1-2H2. The van der Waals surface area contributed by atoms with E-state index < -0.39 is 267 Å². The molecule has 0 bridgehead atoms. The number of aliphatic hydroxyl groups is 16. The Morgan fingerprint density at radius 1 is 0.115 bits per heavy atom. The molecule has 0 radical (unpaired) electrons. The number of ether oxygens (including phenoxy) is 20. The molecule has 0 aromatic rings. The smallest absolute Gasteiger partial charge is 0.370 e. The highest BCUT2D eigenvalue weighted by molar-refractivity contribution is 4.90.